The number of carbonyl (C=O) groups is 1. The molecule has 1 fully saturated rings. The van der Waals surface area contributed by atoms with Gasteiger partial charge in [0.15, 0.2) is 0 Å². The molecule has 0 saturated heterocycles. The summed E-state index contributed by atoms with van der Waals surface area (Å²) in [7, 11) is 0. The second kappa shape index (κ2) is 9.11. The van der Waals surface area contributed by atoms with Gasteiger partial charge in [-0.3, -0.25) is 4.79 Å². The number of rotatable bonds is 7. The first-order valence-electron chi connectivity index (χ1n) is 12.1. The molecule has 5 N–H and O–H groups in total. The van der Waals surface area contributed by atoms with Gasteiger partial charge in [0.2, 0.25) is 5.95 Å². The maximum absolute atomic E-state index is 14.2. The van der Waals surface area contributed by atoms with Gasteiger partial charge >= 0.3 is 0 Å². The number of nitrogens with zero attached hydrogens (tertiary/aromatic N) is 3. The van der Waals surface area contributed by atoms with Gasteiger partial charge in [-0.1, -0.05) is 6.07 Å². The van der Waals surface area contributed by atoms with Crippen LogP contribution in [0, 0.1) is 5.82 Å². The Morgan fingerprint density at radius 2 is 2.00 bits per heavy atom. The van der Waals surface area contributed by atoms with Gasteiger partial charge in [0, 0.05) is 36.9 Å². The SMILES string of the molecule is CCNC(=O)c1cnc(Nc2ccc3c(c2)CNCC32CC2)nc1Nc1ccc(F)c(C(C)(C)O)n1. The zero-order valence-corrected chi connectivity index (χ0v) is 20.6. The summed E-state index contributed by atoms with van der Waals surface area (Å²) >= 11 is 0. The standard InChI is InChI=1S/C26H30FN7O2/c1-4-29-23(35)17-13-30-24(31-16-5-6-18-15(11-16)12-28-14-26(18)9-10-26)34-22(17)33-20-8-7-19(27)21(32-20)25(2,3)36/h5-8,11,13,28,36H,4,9-10,12,14H2,1-3H3,(H,29,35)(H2,30,31,32,33,34). The number of aromatic nitrogens is 3. The zero-order valence-electron chi connectivity index (χ0n) is 20.6. The van der Waals surface area contributed by atoms with Crippen molar-refractivity contribution in [1.29, 1.82) is 0 Å². The number of aliphatic hydroxyl groups is 1. The summed E-state index contributed by atoms with van der Waals surface area (Å²) in [6.45, 7) is 6.99. The van der Waals surface area contributed by atoms with E-state index in [9.17, 15) is 14.3 Å². The molecular weight excluding hydrogens is 461 g/mol. The van der Waals surface area contributed by atoms with Crippen molar-refractivity contribution in [1.82, 2.24) is 25.6 Å². The highest BCUT2D eigenvalue weighted by Gasteiger charge is 2.46. The first-order chi connectivity index (χ1) is 17.2. The molecule has 10 heteroatoms. The smallest absolute Gasteiger partial charge is 0.256 e. The van der Waals surface area contributed by atoms with Crippen molar-refractivity contribution in [3.05, 3.63) is 64.7 Å². The maximum atomic E-state index is 14.2. The molecule has 188 valence electrons. The van der Waals surface area contributed by atoms with Crippen LogP contribution in [0.25, 0.3) is 0 Å². The number of amides is 1. The molecule has 1 amide bonds. The predicted octanol–water partition coefficient (Wildman–Crippen LogP) is 3.61. The van der Waals surface area contributed by atoms with Crippen molar-refractivity contribution in [2.24, 2.45) is 0 Å². The molecule has 2 aromatic heterocycles. The fourth-order valence-corrected chi connectivity index (χ4v) is 4.61. The van der Waals surface area contributed by atoms with Crippen LogP contribution in [-0.2, 0) is 17.6 Å². The lowest BCUT2D eigenvalue weighted by Crippen LogP contribution is -2.33. The Morgan fingerprint density at radius 1 is 1.19 bits per heavy atom. The minimum atomic E-state index is -1.48. The van der Waals surface area contributed by atoms with Gasteiger partial charge in [-0.15, -0.1) is 0 Å². The Bertz CT molecular complexity index is 1320. The van der Waals surface area contributed by atoms with E-state index in [0.29, 0.717) is 12.5 Å². The zero-order chi connectivity index (χ0) is 25.5. The first-order valence-corrected chi connectivity index (χ1v) is 12.1. The molecule has 0 bridgehead atoms. The van der Waals surface area contributed by atoms with Gasteiger partial charge < -0.3 is 26.4 Å². The predicted molar refractivity (Wildman–Crippen MR) is 135 cm³/mol. The highest BCUT2D eigenvalue weighted by atomic mass is 19.1. The molecule has 9 nitrogen and oxygen atoms in total. The molecule has 0 atom stereocenters. The molecule has 5 rings (SSSR count). The number of fused-ring (bicyclic) bond motifs is 2. The molecule has 1 aliphatic heterocycles. The second-order valence-corrected chi connectivity index (χ2v) is 9.91. The van der Waals surface area contributed by atoms with E-state index < -0.39 is 11.4 Å². The Kier molecular flexibility index (Phi) is 6.09. The third-order valence-electron chi connectivity index (χ3n) is 6.61. The molecule has 36 heavy (non-hydrogen) atoms. The quantitative estimate of drug-likeness (QED) is 0.340. The van der Waals surface area contributed by atoms with E-state index in [1.54, 1.807) is 0 Å². The molecular formula is C26H30FN7O2. The van der Waals surface area contributed by atoms with Gasteiger partial charge in [0.1, 0.15) is 34.3 Å². The number of nitrogens with one attached hydrogen (secondary N) is 4. The van der Waals surface area contributed by atoms with Crippen LogP contribution in [-0.4, -0.2) is 39.1 Å². The Balaban J connectivity index is 1.45. The molecule has 1 saturated carbocycles. The number of anilines is 4. The average molecular weight is 492 g/mol. The van der Waals surface area contributed by atoms with E-state index in [2.05, 4.69) is 48.4 Å². The van der Waals surface area contributed by atoms with Crippen molar-refractivity contribution >= 4 is 29.2 Å². The number of pyridine rings is 1. The lowest BCUT2D eigenvalue weighted by molar-refractivity contribution is 0.0696. The molecule has 0 unspecified atom stereocenters. The minimum absolute atomic E-state index is 0.115. The fraction of sp³-hybridized carbons (Fsp3) is 0.385. The van der Waals surface area contributed by atoms with Crippen molar-refractivity contribution in [2.45, 2.75) is 51.2 Å². The summed E-state index contributed by atoms with van der Waals surface area (Å²) in [6.07, 6.45) is 3.86. The Hall–Kier alpha value is -3.63. The van der Waals surface area contributed by atoms with Crippen LogP contribution in [0.5, 0.6) is 0 Å². The van der Waals surface area contributed by atoms with Crippen molar-refractivity contribution in [2.75, 3.05) is 23.7 Å². The van der Waals surface area contributed by atoms with Gasteiger partial charge in [0.05, 0.1) is 0 Å². The fourth-order valence-electron chi connectivity index (χ4n) is 4.61. The van der Waals surface area contributed by atoms with Crippen LogP contribution in [0.3, 0.4) is 0 Å². The number of hydrogen-bond donors (Lipinski definition) is 5. The summed E-state index contributed by atoms with van der Waals surface area (Å²) in [5.74, 6) is -0.253. The van der Waals surface area contributed by atoms with E-state index in [-0.39, 0.29) is 34.2 Å². The first kappa shape index (κ1) is 24.1. The molecule has 3 heterocycles. The monoisotopic (exact) mass is 491 g/mol. The van der Waals surface area contributed by atoms with Crippen molar-refractivity contribution < 1.29 is 14.3 Å². The van der Waals surface area contributed by atoms with Crippen molar-refractivity contribution in [3.63, 3.8) is 0 Å². The molecule has 2 aliphatic rings. The second-order valence-electron chi connectivity index (χ2n) is 9.91. The van der Waals surface area contributed by atoms with E-state index >= 15 is 0 Å². The molecule has 3 aromatic rings. The average Bonchev–Trinajstić information content (AvgIpc) is 3.60. The lowest BCUT2D eigenvalue weighted by Gasteiger charge is -2.26. The highest BCUT2D eigenvalue weighted by molar-refractivity contribution is 5.99. The third kappa shape index (κ3) is 4.74. The van der Waals surface area contributed by atoms with E-state index in [4.69, 9.17) is 0 Å². The summed E-state index contributed by atoms with van der Waals surface area (Å²) in [5, 5.41) is 22.7. The minimum Gasteiger partial charge on any atom is -0.384 e. The number of benzene rings is 1. The largest absolute Gasteiger partial charge is 0.384 e. The number of halogens is 1. The number of carbonyl (C=O) groups excluding carboxylic acids is 1. The van der Waals surface area contributed by atoms with E-state index in [1.807, 2.05) is 13.0 Å². The van der Waals surface area contributed by atoms with Crippen molar-refractivity contribution in [3.8, 4) is 0 Å². The van der Waals surface area contributed by atoms with Crippen LogP contribution in [0.2, 0.25) is 0 Å². The van der Waals surface area contributed by atoms with E-state index in [0.717, 1.165) is 18.8 Å². The van der Waals surface area contributed by atoms with Crippen LogP contribution in [0.1, 0.15) is 60.8 Å². The summed E-state index contributed by atoms with van der Waals surface area (Å²) < 4.78 is 14.2. The Morgan fingerprint density at radius 3 is 2.72 bits per heavy atom. The van der Waals surface area contributed by atoms with Gasteiger partial charge in [-0.2, -0.15) is 4.98 Å². The summed E-state index contributed by atoms with van der Waals surface area (Å²) in [6, 6.07) is 8.94. The topological polar surface area (TPSA) is 124 Å². The van der Waals surface area contributed by atoms with E-state index in [1.165, 1.54) is 56.1 Å². The number of hydrogen-bond acceptors (Lipinski definition) is 8. The van der Waals surface area contributed by atoms with Crippen LogP contribution >= 0.6 is 0 Å². The summed E-state index contributed by atoms with van der Waals surface area (Å²) in [4.78, 5) is 25.7. The third-order valence-corrected chi connectivity index (χ3v) is 6.61. The van der Waals surface area contributed by atoms with Gasteiger partial charge in [-0.25, -0.2) is 14.4 Å². The maximum Gasteiger partial charge on any atom is 0.256 e. The van der Waals surface area contributed by atoms with Gasteiger partial charge in [0.25, 0.3) is 5.91 Å². The lowest BCUT2D eigenvalue weighted by atomic mass is 9.88. The van der Waals surface area contributed by atoms with Crippen LogP contribution in [0.4, 0.5) is 27.7 Å². The molecule has 0 radical (unpaired) electrons. The Labute approximate surface area is 209 Å². The summed E-state index contributed by atoms with van der Waals surface area (Å²) in [5.41, 5.74) is 2.41. The van der Waals surface area contributed by atoms with Gasteiger partial charge in [-0.05, 0) is 69.0 Å². The molecule has 1 aliphatic carbocycles. The normalized spacial score (nSPS) is 15.8. The molecule has 1 spiro atoms. The van der Waals surface area contributed by atoms with Crippen LogP contribution < -0.4 is 21.3 Å². The van der Waals surface area contributed by atoms with Crippen LogP contribution in [0.15, 0.2) is 36.5 Å². The molecule has 1 aromatic carbocycles. The highest BCUT2D eigenvalue weighted by Crippen LogP contribution is 2.50.